The van der Waals surface area contributed by atoms with E-state index in [9.17, 15) is 14.4 Å². The van der Waals surface area contributed by atoms with E-state index in [1.165, 1.54) is 6.07 Å². The van der Waals surface area contributed by atoms with Crippen molar-refractivity contribution in [3.05, 3.63) is 113 Å². The second kappa shape index (κ2) is 13.2. The van der Waals surface area contributed by atoms with Crippen molar-refractivity contribution in [3.8, 4) is 17.2 Å². The average Bonchev–Trinajstić information content (AvgIpc) is 2.97. The van der Waals surface area contributed by atoms with Crippen molar-refractivity contribution in [1.82, 2.24) is 0 Å². The second-order valence-electron chi connectivity index (χ2n) is 9.24. The van der Waals surface area contributed by atoms with Gasteiger partial charge in [0.15, 0.2) is 0 Å². The number of carbonyl (C=O) groups excluding carboxylic acids is 3. The summed E-state index contributed by atoms with van der Waals surface area (Å²) in [5, 5.41) is 9.25. The number of benzene rings is 4. The van der Waals surface area contributed by atoms with Gasteiger partial charge in [0, 0.05) is 24.3 Å². The van der Waals surface area contributed by atoms with Gasteiger partial charge in [0.2, 0.25) is 0 Å². The molecule has 1 N–H and O–H groups in total. The number of rotatable bonds is 11. The first-order valence-corrected chi connectivity index (χ1v) is 12.9. The lowest BCUT2D eigenvalue weighted by Crippen LogP contribution is -2.10. The van der Waals surface area contributed by atoms with E-state index in [0.717, 1.165) is 34.2 Å². The molecule has 0 heterocycles. The van der Waals surface area contributed by atoms with Crippen LogP contribution in [0.25, 0.3) is 10.8 Å². The molecule has 0 fully saturated rings. The van der Waals surface area contributed by atoms with E-state index in [0.29, 0.717) is 34.8 Å². The van der Waals surface area contributed by atoms with E-state index < -0.39 is 17.9 Å². The highest BCUT2D eigenvalue weighted by Gasteiger charge is 2.14. The molecule has 0 atom stereocenters. The summed E-state index contributed by atoms with van der Waals surface area (Å²) < 4.78 is 21.7. The Morgan fingerprint density at radius 3 is 2.22 bits per heavy atom. The first-order chi connectivity index (χ1) is 19.8. The number of nitrogens with one attached hydrogen (secondary N) is 1. The minimum absolute atomic E-state index is 0.180. The Labute approximate surface area is 237 Å². The molecule has 8 nitrogen and oxygen atoms in total. The molecule has 208 valence electrons. The molecule has 0 bridgehead atoms. The molecule has 0 saturated carbocycles. The Kier molecular flexibility index (Phi) is 9.27. The molecule has 4 aromatic rings. The van der Waals surface area contributed by atoms with Crippen LogP contribution in [0.2, 0.25) is 0 Å². The van der Waals surface area contributed by atoms with E-state index in [4.69, 9.17) is 24.4 Å². The highest BCUT2D eigenvalue weighted by molar-refractivity contribution is 5.98. The van der Waals surface area contributed by atoms with Crippen LogP contribution < -0.4 is 14.2 Å². The van der Waals surface area contributed by atoms with Crippen molar-refractivity contribution in [2.24, 2.45) is 0 Å². The maximum atomic E-state index is 12.8. The fourth-order valence-electron chi connectivity index (χ4n) is 4.05. The molecule has 0 aromatic heterocycles. The maximum Gasteiger partial charge on any atom is 0.343 e. The lowest BCUT2D eigenvalue weighted by molar-refractivity contribution is -0.137. The topological polar surface area (TPSA) is 112 Å². The van der Waals surface area contributed by atoms with Crippen molar-refractivity contribution in [1.29, 1.82) is 5.41 Å². The summed E-state index contributed by atoms with van der Waals surface area (Å²) >= 11 is 0. The molecule has 0 aliphatic carbocycles. The van der Waals surface area contributed by atoms with Gasteiger partial charge >= 0.3 is 17.9 Å². The van der Waals surface area contributed by atoms with Gasteiger partial charge in [0.1, 0.15) is 17.2 Å². The highest BCUT2D eigenvalue weighted by Crippen LogP contribution is 2.26. The smallest absolute Gasteiger partial charge is 0.343 e. The summed E-state index contributed by atoms with van der Waals surface area (Å²) in [5.74, 6) is -0.287. The molecule has 0 amide bonds. The van der Waals surface area contributed by atoms with Gasteiger partial charge < -0.3 is 24.4 Å². The Bertz CT molecular complexity index is 1640. The van der Waals surface area contributed by atoms with Crippen LogP contribution in [0, 0.1) is 19.3 Å². The summed E-state index contributed by atoms with van der Waals surface area (Å²) in [4.78, 5) is 36.6. The molecule has 0 unspecified atom stereocenters. The fraction of sp³-hybridized carbons (Fsp3) is 0.152. The Hall–Kier alpha value is -5.24. The molecule has 0 aliphatic heterocycles. The van der Waals surface area contributed by atoms with Gasteiger partial charge in [-0.25, -0.2) is 14.4 Å². The zero-order valence-electron chi connectivity index (χ0n) is 22.8. The second-order valence-corrected chi connectivity index (χ2v) is 9.24. The number of hydrogen-bond acceptors (Lipinski definition) is 8. The third kappa shape index (κ3) is 7.45. The highest BCUT2D eigenvalue weighted by atomic mass is 16.5. The number of ether oxygens (including phenoxy) is 4. The number of fused-ring (bicyclic) bond motifs is 1. The number of hydrogen-bond donors (Lipinski definition) is 1. The molecule has 0 aliphatic rings. The van der Waals surface area contributed by atoms with Crippen molar-refractivity contribution < 1.29 is 33.3 Å². The third-order valence-corrected chi connectivity index (χ3v) is 6.15. The zero-order valence-corrected chi connectivity index (χ0v) is 22.8. The summed E-state index contributed by atoms with van der Waals surface area (Å²) in [6.07, 6.45) is 2.63. The normalized spacial score (nSPS) is 10.5. The lowest BCUT2D eigenvalue weighted by atomic mass is 10.1. The van der Waals surface area contributed by atoms with Gasteiger partial charge in [-0.05, 0) is 78.7 Å². The van der Waals surface area contributed by atoms with Gasteiger partial charge in [-0.2, -0.15) is 0 Å². The molecular formula is C33H29NO7. The number of esters is 3. The standard InChI is InChI=1S/C33H29NO7/c1-4-31(35)39-15-5-14-38-30-13-10-26(18-27(30)20-34)32(36)40-28-11-9-23-17-25(8-7-24(23)19-28)33(37)41-29-12-6-21(2)16-22(29)3/h4,6-13,16-20,34H,1,5,14-15H2,2-3H3. The van der Waals surface area contributed by atoms with E-state index in [1.54, 1.807) is 54.6 Å². The predicted octanol–water partition coefficient (Wildman–Crippen LogP) is 6.39. The van der Waals surface area contributed by atoms with Crippen molar-refractivity contribution in [2.75, 3.05) is 13.2 Å². The number of carbonyl (C=O) groups is 3. The summed E-state index contributed by atoms with van der Waals surface area (Å²) in [6.45, 7) is 7.64. The number of aryl methyl sites for hydroxylation is 2. The van der Waals surface area contributed by atoms with Gasteiger partial charge in [-0.3, -0.25) is 0 Å². The van der Waals surface area contributed by atoms with Crippen LogP contribution in [-0.4, -0.2) is 37.3 Å². The fourth-order valence-corrected chi connectivity index (χ4v) is 4.05. The lowest BCUT2D eigenvalue weighted by Gasteiger charge is -2.11. The SMILES string of the molecule is C=CC(=O)OCCCOc1ccc(C(=O)Oc2ccc3cc(C(=O)Oc4ccc(C)cc4C)ccc3c2)cc1C=N. The van der Waals surface area contributed by atoms with Crippen LogP contribution in [0.1, 0.15) is 43.8 Å². The Balaban J connectivity index is 1.39. The van der Waals surface area contributed by atoms with E-state index in [2.05, 4.69) is 6.58 Å². The van der Waals surface area contributed by atoms with Crippen LogP contribution in [0.3, 0.4) is 0 Å². The van der Waals surface area contributed by atoms with Crippen molar-refractivity contribution in [3.63, 3.8) is 0 Å². The van der Waals surface area contributed by atoms with Gasteiger partial charge in [-0.1, -0.05) is 36.4 Å². The maximum absolute atomic E-state index is 12.8. The average molecular weight is 552 g/mol. The van der Waals surface area contributed by atoms with E-state index in [1.807, 2.05) is 26.0 Å². The zero-order chi connectivity index (χ0) is 29.4. The summed E-state index contributed by atoms with van der Waals surface area (Å²) in [7, 11) is 0. The largest absolute Gasteiger partial charge is 0.493 e. The van der Waals surface area contributed by atoms with Crippen molar-refractivity contribution in [2.45, 2.75) is 20.3 Å². The quantitative estimate of drug-likeness (QED) is 0.0756. The molecule has 41 heavy (non-hydrogen) atoms. The van der Waals surface area contributed by atoms with E-state index >= 15 is 0 Å². The molecule has 0 saturated heterocycles. The van der Waals surface area contributed by atoms with E-state index in [-0.39, 0.29) is 18.8 Å². The summed E-state index contributed by atoms with van der Waals surface area (Å²) in [6, 6.07) is 20.6. The molecule has 8 heteroatoms. The predicted molar refractivity (Wildman–Crippen MR) is 155 cm³/mol. The molecular weight excluding hydrogens is 522 g/mol. The van der Waals surface area contributed by atoms with Gasteiger partial charge in [0.25, 0.3) is 0 Å². The molecule has 0 spiro atoms. The summed E-state index contributed by atoms with van der Waals surface area (Å²) in [5.41, 5.74) is 3.02. The minimum atomic E-state index is -0.594. The van der Waals surface area contributed by atoms with Crippen LogP contribution in [-0.2, 0) is 9.53 Å². The van der Waals surface area contributed by atoms with Crippen LogP contribution in [0.15, 0.2) is 85.5 Å². The Morgan fingerprint density at radius 2 is 1.46 bits per heavy atom. The van der Waals surface area contributed by atoms with Crippen molar-refractivity contribution >= 4 is 34.9 Å². The monoisotopic (exact) mass is 551 g/mol. The van der Waals surface area contributed by atoms with Crippen LogP contribution in [0.5, 0.6) is 17.2 Å². The van der Waals surface area contributed by atoms with Gasteiger partial charge in [0.05, 0.1) is 24.3 Å². The first-order valence-electron chi connectivity index (χ1n) is 12.9. The molecule has 4 aromatic carbocycles. The first kappa shape index (κ1) is 28.8. The van der Waals surface area contributed by atoms with Crippen LogP contribution >= 0.6 is 0 Å². The van der Waals surface area contributed by atoms with Crippen LogP contribution in [0.4, 0.5) is 0 Å². The molecule has 0 radical (unpaired) electrons. The Morgan fingerprint density at radius 1 is 0.780 bits per heavy atom. The van der Waals surface area contributed by atoms with Gasteiger partial charge in [-0.15, -0.1) is 0 Å². The third-order valence-electron chi connectivity index (χ3n) is 6.15. The minimum Gasteiger partial charge on any atom is -0.493 e. The molecule has 4 rings (SSSR count).